The van der Waals surface area contributed by atoms with Crippen molar-refractivity contribution in [2.24, 2.45) is 0 Å². The molecule has 0 aromatic carbocycles. The Morgan fingerprint density at radius 3 is 2.24 bits per heavy atom. The topological polar surface area (TPSA) is 52.7 Å². The van der Waals surface area contributed by atoms with Crippen LogP contribution < -0.4 is 5.32 Å². The van der Waals surface area contributed by atoms with Gasteiger partial charge in [0, 0.05) is 31.7 Å². The molecule has 0 aromatic heterocycles. The van der Waals surface area contributed by atoms with Crippen molar-refractivity contribution < 1.29 is 8.42 Å². The number of nitrogens with one attached hydrogen (secondary N) is 1. The van der Waals surface area contributed by atoms with E-state index in [2.05, 4.69) is 5.32 Å². The fourth-order valence-corrected chi connectivity index (χ4v) is 5.48. The smallest absolute Gasteiger partial charge is 0.282 e. The number of nitrogens with zero attached hydrogens (tertiary/aromatic N) is 2. The van der Waals surface area contributed by atoms with Crippen molar-refractivity contribution in [1.82, 2.24) is 13.9 Å². The van der Waals surface area contributed by atoms with E-state index in [0.717, 1.165) is 38.6 Å². The highest BCUT2D eigenvalue weighted by Gasteiger charge is 2.41. The second-order valence-corrected chi connectivity index (χ2v) is 8.65. The Kier molecular flexibility index (Phi) is 5.19. The molecule has 3 fully saturated rings. The molecule has 1 aliphatic carbocycles. The molecule has 1 atom stereocenters. The summed E-state index contributed by atoms with van der Waals surface area (Å²) in [5, 5.41) is 3.49. The molecule has 0 bridgehead atoms. The monoisotopic (exact) mass is 315 g/mol. The Morgan fingerprint density at radius 2 is 1.67 bits per heavy atom. The molecule has 0 radical (unpaired) electrons. The normalized spacial score (nSPS) is 29.5. The Hall–Kier alpha value is -0.170. The van der Waals surface area contributed by atoms with Gasteiger partial charge in [-0.05, 0) is 45.1 Å². The van der Waals surface area contributed by atoms with Crippen LogP contribution in [0.5, 0.6) is 0 Å². The Morgan fingerprint density at radius 1 is 0.952 bits per heavy atom. The third-order valence-corrected chi connectivity index (χ3v) is 7.01. The summed E-state index contributed by atoms with van der Waals surface area (Å²) in [7, 11) is -3.26. The van der Waals surface area contributed by atoms with Crippen LogP contribution in [0.25, 0.3) is 0 Å². The molecule has 122 valence electrons. The zero-order chi connectivity index (χ0) is 14.7. The summed E-state index contributed by atoms with van der Waals surface area (Å²) in [6.45, 7) is 3.13. The van der Waals surface area contributed by atoms with Gasteiger partial charge in [0.15, 0.2) is 0 Å². The molecule has 21 heavy (non-hydrogen) atoms. The van der Waals surface area contributed by atoms with Crippen molar-refractivity contribution in [2.75, 3.05) is 26.2 Å². The van der Waals surface area contributed by atoms with Crippen molar-refractivity contribution in [3.05, 3.63) is 0 Å². The van der Waals surface area contributed by atoms with Crippen molar-refractivity contribution in [1.29, 1.82) is 0 Å². The van der Waals surface area contributed by atoms with E-state index in [9.17, 15) is 8.42 Å². The molecule has 0 amide bonds. The highest BCUT2D eigenvalue weighted by Crippen LogP contribution is 2.32. The van der Waals surface area contributed by atoms with Gasteiger partial charge >= 0.3 is 0 Å². The van der Waals surface area contributed by atoms with Gasteiger partial charge in [0.2, 0.25) is 0 Å². The molecule has 3 aliphatic rings. The SMILES string of the molecule is O=S(=O)(N1CCCCCC1)N(CC1CCCCN1)C1CC1. The highest BCUT2D eigenvalue weighted by molar-refractivity contribution is 7.86. The van der Waals surface area contributed by atoms with Gasteiger partial charge < -0.3 is 5.32 Å². The fraction of sp³-hybridized carbons (Fsp3) is 1.00. The molecule has 2 saturated heterocycles. The number of rotatable bonds is 5. The minimum atomic E-state index is -3.26. The predicted octanol–water partition coefficient (Wildman–Crippen LogP) is 1.71. The molecular formula is C15H29N3O2S. The van der Waals surface area contributed by atoms with Crippen molar-refractivity contribution in [2.45, 2.75) is 69.9 Å². The van der Waals surface area contributed by atoms with Crippen molar-refractivity contribution in [3.63, 3.8) is 0 Å². The summed E-state index contributed by atoms with van der Waals surface area (Å²) in [6, 6.07) is 0.614. The molecule has 2 aliphatic heterocycles. The third-order valence-electron chi connectivity index (χ3n) is 4.95. The minimum absolute atomic E-state index is 0.266. The molecular weight excluding hydrogens is 286 g/mol. The van der Waals surface area contributed by atoms with Crippen LogP contribution >= 0.6 is 0 Å². The maximum atomic E-state index is 13.0. The highest BCUT2D eigenvalue weighted by atomic mass is 32.2. The van der Waals surface area contributed by atoms with E-state index in [1.54, 1.807) is 4.31 Å². The summed E-state index contributed by atoms with van der Waals surface area (Å²) < 4.78 is 29.6. The van der Waals surface area contributed by atoms with Gasteiger partial charge in [0.1, 0.15) is 0 Å². The number of piperidine rings is 1. The van der Waals surface area contributed by atoms with Crippen molar-refractivity contribution in [3.8, 4) is 0 Å². The average molecular weight is 315 g/mol. The first-order valence-corrected chi connectivity index (χ1v) is 10.1. The summed E-state index contributed by atoms with van der Waals surface area (Å²) >= 11 is 0. The van der Waals surface area contributed by atoms with E-state index >= 15 is 0 Å². The lowest BCUT2D eigenvalue weighted by Crippen LogP contribution is -2.51. The lowest BCUT2D eigenvalue weighted by molar-refractivity contribution is 0.283. The predicted molar refractivity (Wildman–Crippen MR) is 84.3 cm³/mol. The fourth-order valence-electron chi connectivity index (χ4n) is 3.51. The summed E-state index contributed by atoms with van der Waals surface area (Å²) in [4.78, 5) is 0. The lowest BCUT2D eigenvalue weighted by atomic mass is 10.1. The van der Waals surface area contributed by atoms with Crippen LogP contribution in [0, 0.1) is 0 Å². The first-order chi connectivity index (χ1) is 10.2. The van der Waals surface area contributed by atoms with Gasteiger partial charge in [-0.1, -0.05) is 19.3 Å². The molecule has 0 spiro atoms. The molecule has 6 heteroatoms. The van der Waals surface area contributed by atoms with Gasteiger partial charge in [-0.3, -0.25) is 0 Å². The number of hydrogen-bond donors (Lipinski definition) is 1. The molecule has 0 aromatic rings. The van der Waals surface area contributed by atoms with Gasteiger partial charge in [-0.25, -0.2) is 0 Å². The van der Waals surface area contributed by atoms with Crippen LogP contribution in [0.1, 0.15) is 57.8 Å². The van der Waals surface area contributed by atoms with Crippen LogP contribution in [0.15, 0.2) is 0 Å². The first kappa shape index (κ1) is 15.7. The molecule has 1 N–H and O–H groups in total. The molecule has 3 rings (SSSR count). The van der Waals surface area contributed by atoms with Crippen LogP contribution in [-0.2, 0) is 10.2 Å². The third kappa shape index (κ3) is 3.97. The second-order valence-electron chi connectivity index (χ2n) is 6.77. The maximum absolute atomic E-state index is 13.0. The molecule has 2 heterocycles. The van der Waals surface area contributed by atoms with Crippen molar-refractivity contribution >= 4 is 10.2 Å². The van der Waals surface area contributed by atoms with E-state index in [0.29, 0.717) is 25.7 Å². The van der Waals surface area contributed by atoms with Crippen LogP contribution in [0.3, 0.4) is 0 Å². The number of hydrogen-bond acceptors (Lipinski definition) is 3. The van der Waals surface area contributed by atoms with Crippen LogP contribution in [0.4, 0.5) is 0 Å². The molecule has 5 nitrogen and oxygen atoms in total. The standard InChI is InChI=1S/C15H29N3O2S/c19-21(20,17-11-5-1-2-6-12-17)18(15-8-9-15)13-14-7-3-4-10-16-14/h14-16H,1-13H2. The zero-order valence-electron chi connectivity index (χ0n) is 13.0. The van der Waals surface area contributed by atoms with E-state index in [1.807, 2.05) is 4.31 Å². The van der Waals surface area contributed by atoms with E-state index in [1.165, 1.54) is 25.7 Å². The van der Waals surface area contributed by atoms with Crippen LogP contribution in [0.2, 0.25) is 0 Å². The minimum Gasteiger partial charge on any atom is -0.313 e. The first-order valence-electron chi connectivity index (χ1n) is 8.68. The van der Waals surface area contributed by atoms with E-state index in [4.69, 9.17) is 0 Å². The van der Waals surface area contributed by atoms with E-state index < -0.39 is 10.2 Å². The average Bonchev–Trinajstić information content (AvgIpc) is 3.32. The zero-order valence-corrected chi connectivity index (χ0v) is 13.8. The van der Waals surface area contributed by atoms with Gasteiger partial charge in [-0.15, -0.1) is 0 Å². The van der Waals surface area contributed by atoms with E-state index in [-0.39, 0.29) is 6.04 Å². The van der Waals surface area contributed by atoms with Gasteiger partial charge in [-0.2, -0.15) is 17.0 Å². The molecule has 1 unspecified atom stereocenters. The maximum Gasteiger partial charge on any atom is 0.282 e. The summed E-state index contributed by atoms with van der Waals surface area (Å²) in [5.74, 6) is 0. The Balaban J connectivity index is 1.69. The Bertz CT molecular complexity index is 422. The quantitative estimate of drug-likeness (QED) is 0.840. The second kappa shape index (κ2) is 6.94. The van der Waals surface area contributed by atoms with Crippen LogP contribution in [-0.4, -0.2) is 55.3 Å². The largest absolute Gasteiger partial charge is 0.313 e. The van der Waals surface area contributed by atoms with Gasteiger partial charge in [0.05, 0.1) is 0 Å². The van der Waals surface area contributed by atoms with Gasteiger partial charge in [0.25, 0.3) is 10.2 Å². The Labute approximate surface area is 129 Å². The lowest BCUT2D eigenvalue weighted by Gasteiger charge is -2.33. The molecule has 1 saturated carbocycles. The summed E-state index contributed by atoms with van der Waals surface area (Å²) in [5.41, 5.74) is 0. The summed E-state index contributed by atoms with van der Waals surface area (Å²) in [6.07, 6.45) is 10.00.